The maximum Gasteiger partial charge on any atom is 0.416 e. The highest BCUT2D eigenvalue weighted by molar-refractivity contribution is 9.10. The summed E-state index contributed by atoms with van der Waals surface area (Å²) in [4.78, 5) is 3.58. The smallest absolute Gasteiger partial charge is 0.392 e. The Morgan fingerprint density at radius 1 is 1.46 bits per heavy atom. The third-order valence-electron chi connectivity index (χ3n) is 1.47. The van der Waals surface area contributed by atoms with Crippen molar-refractivity contribution in [2.75, 3.05) is 0 Å². The number of aliphatic hydroxyl groups is 1. The quantitative estimate of drug-likeness (QED) is 0.782. The van der Waals surface area contributed by atoms with Gasteiger partial charge in [0.25, 0.3) is 0 Å². The molecule has 0 radical (unpaired) electrons. The largest absolute Gasteiger partial charge is 0.416 e. The molecule has 0 amide bonds. The lowest BCUT2D eigenvalue weighted by Crippen LogP contribution is -2.10. The maximum atomic E-state index is 12.3. The van der Waals surface area contributed by atoms with Gasteiger partial charge in [0.1, 0.15) is 4.60 Å². The number of pyridine rings is 1. The van der Waals surface area contributed by atoms with Crippen molar-refractivity contribution in [3.63, 3.8) is 0 Å². The summed E-state index contributed by atoms with van der Waals surface area (Å²) in [5, 5.41) is 8.69. The lowest BCUT2D eigenvalue weighted by atomic mass is 10.1. The molecule has 0 fully saturated rings. The second kappa shape index (κ2) is 3.63. The van der Waals surface area contributed by atoms with Gasteiger partial charge in [-0.25, -0.2) is 4.98 Å². The molecule has 0 saturated carbocycles. The van der Waals surface area contributed by atoms with Crippen molar-refractivity contribution in [2.45, 2.75) is 12.8 Å². The van der Waals surface area contributed by atoms with Gasteiger partial charge in [-0.2, -0.15) is 13.2 Å². The zero-order valence-corrected chi connectivity index (χ0v) is 7.85. The first-order valence-corrected chi connectivity index (χ1v) is 4.07. The normalized spacial score (nSPS) is 11.8. The van der Waals surface area contributed by atoms with E-state index in [0.717, 1.165) is 12.3 Å². The van der Waals surface area contributed by atoms with Crippen LogP contribution in [0, 0.1) is 0 Å². The molecule has 1 heterocycles. The number of hydrogen-bond donors (Lipinski definition) is 1. The van der Waals surface area contributed by atoms with Crippen molar-refractivity contribution in [2.24, 2.45) is 0 Å². The van der Waals surface area contributed by atoms with Gasteiger partial charge in [0.05, 0.1) is 12.2 Å². The molecule has 0 unspecified atom stereocenters. The van der Waals surface area contributed by atoms with Crippen LogP contribution >= 0.6 is 15.9 Å². The van der Waals surface area contributed by atoms with Crippen LogP contribution < -0.4 is 0 Å². The Kier molecular flexibility index (Phi) is 2.92. The van der Waals surface area contributed by atoms with Crippen molar-refractivity contribution >= 4 is 15.9 Å². The van der Waals surface area contributed by atoms with Crippen LogP contribution in [0.4, 0.5) is 13.2 Å². The van der Waals surface area contributed by atoms with Crippen molar-refractivity contribution in [3.8, 4) is 0 Å². The molecule has 0 aliphatic rings. The molecule has 2 nitrogen and oxygen atoms in total. The summed E-state index contributed by atoms with van der Waals surface area (Å²) in [6, 6.07) is 0.830. The summed E-state index contributed by atoms with van der Waals surface area (Å²) in [5.41, 5.74) is -1.10. The van der Waals surface area contributed by atoms with Crippen molar-refractivity contribution < 1.29 is 18.3 Å². The van der Waals surface area contributed by atoms with Gasteiger partial charge in [0, 0.05) is 11.8 Å². The molecular weight excluding hydrogens is 251 g/mol. The fourth-order valence-corrected chi connectivity index (χ4v) is 1.34. The average molecular weight is 256 g/mol. The molecule has 0 aliphatic carbocycles. The monoisotopic (exact) mass is 255 g/mol. The Bertz CT molecular complexity index is 313. The Labute approximate surface area is 80.5 Å². The third kappa shape index (κ3) is 2.19. The minimum atomic E-state index is -4.45. The van der Waals surface area contributed by atoms with Crippen LogP contribution in [-0.2, 0) is 12.8 Å². The zero-order valence-electron chi connectivity index (χ0n) is 6.27. The zero-order chi connectivity index (χ0) is 10.1. The summed E-state index contributed by atoms with van der Waals surface area (Å²) in [5.74, 6) is 0. The molecule has 1 aromatic heterocycles. The van der Waals surface area contributed by atoms with Crippen LogP contribution in [0.25, 0.3) is 0 Å². The summed E-state index contributed by atoms with van der Waals surface area (Å²) in [6.07, 6.45) is -3.42. The predicted molar refractivity (Wildman–Crippen MR) is 42.9 cm³/mol. The second-order valence-electron chi connectivity index (χ2n) is 2.28. The molecule has 0 aromatic carbocycles. The molecule has 1 aromatic rings. The van der Waals surface area contributed by atoms with E-state index in [1.165, 1.54) is 0 Å². The van der Waals surface area contributed by atoms with Gasteiger partial charge in [-0.1, -0.05) is 0 Å². The number of rotatable bonds is 1. The maximum absolute atomic E-state index is 12.3. The molecule has 0 saturated heterocycles. The second-order valence-corrected chi connectivity index (χ2v) is 3.03. The van der Waals surface area contributed by atoms with Crippen LogP contribution in [0.1, 0.15) is 11.1 Å². The molecule has 0 bridgehead atoms. The molecular formula is C7H5BrF3NO. The number of aromatic nitrogens is 1. The van der Waals surface area contributed by atoms with E-state index in [0.29, 0.717) is 0 Å². The van der Waals surface area contributed by atoms with Crippen LogP contribution in [0.2, 0.25) is 0 Å². The molecule has 0 atom stereocenters. The molecule has 6 heteroatoms. The van der Waals surface area contributed by atoms with Gasteiger partial charge in [0.2, 0.25) is 0 Å². The van der Waals surface area contributed by atoms with E-state index in [2.05, 4.69) is 20.9 Å². The summed E-state index contributed by atoms with van der Waals surface area (Å²) in [7, 11) is 0. The number of halogens is 4. The predicted octanol–water partition coefficient (Wildman–Crippen LogP) is 2.36. The molecule has 0 aliphatic heterocycles. The van der Waals surface area contributed by atoms with E-state index in [-0.39, 0.29) is 10.2 Å². The molecule has 1 N–H and O–H groups in total. The SMILES string of the molecule is OCc1c(C(F)(F)F)ccnc1Br. The first kappa shape index (κ1) is 10.5. The Morgan fingerprint density at radius 2 is 2.08 bits per heavy atom. The van der Waals surface area contributed by atoms with E-state index in [4.69, 9.17) is 5.11 Å². The van der Waals surface area contributed by atoms with Gasteiger partial charge in [0.15, 0.2) is 0 Å². The van der Waals surface area contributed by atoms with Gasteiger partial charge in [-0.3, -0.25) is 0 Å². The minimum absolute atomic E-state index is 0.0184. The molecule has 1 rings (SSSR count). The van der Waals surface area contributed by atoms with Crippen LogP contribution in [0.3, 0.4) is 0 Å². The van der Waals surface area contributed by atoms with Gasteiger partial charge >= 0.3 is 6.18 Å². The van der Waals surface area contributed by atoms with Gasteiger partial charge < -0.3 is 5.11 Å². The standard InChI is InChI=1S/C7H5BrF3NO/c8-6-4(3-13)5(1-2-12-6)7(9,10)11/h1-2,13H,3H2. The number of aliphatic hydroxyl groups excluding tert-OH is 1. The highest BCUT2D eigenvalue weighted by atomic mass is 79.9. The first-order valence-electron chi connectivity index (χ1n) is 3.28. The molecule has 72 valence electrons. The van der Waals surface area contributed by atoms with E-state index < -0.39 is 18.3 Å². The first-order chi connectivity index (χ1) is 5.96. The Morgan fingerprint density at radius 3 is 2.46 bits per heavy atom. The Balaban J connectivity index is 3.29. The van der Waals surface area contributed by atoms with E-state index in [1.807, 2.05) is 0 Å². The van der Waals surface area contributed by atoms with Gasteiger partial charge in [-0.15, -0.1) is 0 Å². The van der Waals surface area contributed by atoms with Crippen LogP contribution in [0.15, 0.2) is 16.9 Å². The summed E-state index contributed by atoms with van der Waals surface area (Å²) < 4.78 is 36.8. The van der Waals surface area contributed by atoms with Crippen molar-refractivity contribution in [1.82, 2.24) is 4.98 Å². The van der Waals surface area contributed by atoms with Crippen LogP contribution in [0.5, 0.6) is 0 Å². The van der Waals surface area contributed by atoms with Gasteiger partial charge in [-0.05, 0) is 22.0 Å². The lowest BCUT2D eigenvalue weighted by Gasteiger charge is -2.11. The number of alkyl halides is 3. The Hall–Kier alpha value is -0.620. The number of hydrogen-bond acceptors (Lipinski definition) is 2. The fourth-order valence-electron chi connectivity index (χ4n) is 0.883. The lowest BCUT2D eigenvalue weighted by molar-refractivity contribution is -0.138. The van der Waals surface area contributed by atoms with Crippen molar-refractivity contribution in [3.05, 3.63) is 28.0 Å². The topological polar surface area (TPSA) is 33.1 Å². The molecule has 13 heavy (non-hydrogen) atoms. The van der Waals surface area contributed by atoms with E-state index >= 15 is 0 Å². The minimum Gasteiger partial charge on any atom is -0.392 e. The molecule has 0 spiro atoms. The van der Waals surface area contributed by atoms with Crippen molar-refractivity contribution in [1.29, 1.82) is 0 Å². The third-order valence-corrected chi connectivity index (χ3v) is 2.15. The van der Waals surface area contributed by atoms with E-state index in [1.54, 1.807) is 0 Å². The highest BCUT2D eigenvalue weighted by Crippen LogP contribution is 2.33. The van der Waals surface area contributed by atoms with E-state index in [9.17, 15) is 13.2 Å². The highest BCUT2D eigenvalue weighted by Gasteiger charge is 2.33. The number of nitrogens with zero attached hydrogens (tertiary/aromatic N) is 1. The fraction of sp³-hybridized carbons (Fsp3) is 0.286. The summed E-state index contributed by atoms with van der Waals surface area (Å²) in [6.45, 7) is -0.691. The summed E-state index contributed by atoms with van der Waals surface area (Å²) >= 11 is 2.83. The average Bonchev–Trinajstić information content (AvgIpc) is 2.02. The van der Waals surface area contributed by atoms with Crippen LogP contribution in [-0.4, -0.2) is 10.1 Å².